The first-order valence-electron chi connectivity index (χ1n) is 10.4. The lowest BCUT2D eigenvalue weighted by molar-refractivity contribution is -0.122. The summed E-state index contributed by atoms with van der Waals surface area (Å²) in [4.78, 5) is 25.5. The molecule has 3 aromatic carbocycles. The van der Waals surface area contributed by atoms with Crippen LogP contribution in [0.1, 0.15) is 18.1 Å². The van der Waals surface area contributed by atoms with Gasteiger partial charge in [-0.25, -0.2) is 4.79 Å². The fraction of sp³-hybridized carbons (Fsp3) is 0.154. The van der Waals surface area contributed by atoms with E-state index in [1.807, 2.05) is 31.2 Å². The summed E-state index contributed by atoms with van der Waals surface area (Å²) < 4.78 is 11.8. The Morgan fingerprint density at radius 3 is 2.56 bits per heavy atom. The molecule has 0 radical (unpaired) electrons. The van der Waals surface area contributed by atoms with Gasteiger partial charge in [0.2, 0.25) is 0 Å². The van der Waals surface area contributed by atoms with Gasteiger partial charge >= 0.3 is 6.03 Å². The number of imide groups is 1. The summed E-state index contributed by atoms with van der Waals surface area (Å²) in [6.07, 6.45) is 3.13. The van der Waals surface area contributed by atoms with Gasteiger partial charge in [0, 0.05) is 6.54 Å². The van der Waals surface area contributed by atoms with E-state index >= 15 is 0 Å². The van der Waals surface area contributed by atoms with Crippen LogP contribution in [0.2, 0.25) is 0 Å². The topological polar surface area (TPSA) is 67.9 Å². The summed E-state index contributed by atoms with van der Waals surface area (Å²) in [5.74, 6) is 0.795. The number of urea groups is 1. The van der Waals surface area contributed by atoms with Crippen molar-refractivity contribution >= 4 is 28.8 Å². The second-order valence-electron chi connectivity index (χ2n) is 7.30. The smallest absolute Gasteiger partial charge is 0.329 e. The van der Waals surface area contributed by atoms with Gasteiger partial charge in [0.25, 0.3) is 5.91 Å². The summed E-state index contributed by atoms with van der Waals surface area (Å²) in [5, 5.41) is 4.94. The fourth-order valence-corrected chi connectivity index (χ4v) is 3.52. The van der Waals surface area contributed by atoms with Crippen LogP contribution in [0.5, 0.6) is 11.5 Å². The molecule has 162 valence electrons. The molecular weight excluding hydrogens is 404 g/mol. The molecular formula is C26H24N2O4. The van der Waals surface area contributed by atoms with Crippen LogP contribution in [-0.4, -0.2) is 30.0 Å². The molecule has 32 heavy (non-hydrogen) atoms. The molecule has 0 aromatic heterocycles. The zero-order chi connectivity index (χ0) is 22.5. The van der Waals surface area contributed by atoms with E-state index in [0.717, 1.165) is 21.4 Å². The number of rotatable bonds is 8. The highest BCUT2D eigenvalue weighted by Gasteiger charge is 2.32. The molecule has 1 N–H and O–H groups in total. The summed E-state index contributed by atoms with van der Waals surface area (Å²) in [6.45, 7) is 6.50. The molecule has 0 saturated carbocycles. The molecule has 1 aliphatic rings. The predicted octanol–water partition coefficient (Wildman–Crippen LogP) is 4.90. The zero-order valence-electron chi connectivity index (χ0n) is 17.8. The average Bonchev–Trinajstić information content (AvgIpc) is 3.06. The molecule has 0 unspecified atom stereocenters. The quantitative estimate of drug-likeness (QED) is 0.315. The second kappa shape index (κ2) is 9.39. The number of hydrogen-bond acceptors (Lipinski definition) is 4. The molecule has 4 rings (SSSR count). The number of fused-ring (bicyclic) bond motifs is 1. The number of nitrogens with zero attached hydrogens (tertiary/aromatic N) is 1. The Balaban J connectivity index is 1.53. The first-order chi connectivity index (χ1) is 15.6. The number of amides is 3. The van der Waals surface area contributed by atoms with E-state index in [9.17, 15) is 9.59 Å². The third-order valence-electron chi connectivity index (χ3n) is 5.06. The van der Waals surface area contributed by atoms with Crippen molar-refractivity contribution in [3.05, 3.63) is 90.1 Å². The molecule has 0 spiro atoms. The van der Waals surface area contributed by atoms with Crippen LogP contribution in [0.15, 0.2) is 79.0 Å². The standard InChI is InChI=1S/C26H24N2O4/c1-3-13-28-25(29)22(27-26(28)30)15-18-10-12-23(24(16-18)31-4-2)32-17-19-9-11-20-7-5-6-8-21(20)14-19/h3,5-12,14-16H,1,4,13,17H2,2H3,(H,27,30)/b22-15+. The highest BCUT2D eigenvalue weighted by atomic mass is 16.5. The lowest BCUT2D eigenvalue weighted by atomic mass is 10.1. The molecule has 3 amide bonds. The monoisotopic (exact) mass is 428 g/mol. The maximum atomic E-state index is 12.4. The first-order valence-corrected chi connectivity index (χ1v) is 10.4. The van der Waals surface area contributed by atoms with Gasteiger partial charge < -0.3 is 14.8 Å². The van der Waals surface area contributed by atoms with Crippen molar-refractivity contribution in [2.75, 3.05) is 13.2 Å². The molecule has 0 atom stereocenters. The van der Waals surface area contributed by atoms with Crippen molar-refractivity contribution in [1.82, 2.24) is 10.2 Å². The third-order valence-corrected chi connectivity index (χ3v) is 5.06. The van der Waals surface area contributed by atoms with Crippen LogP contribution in [0.3, 0.4) is 0 Å². The summed E-state index contributed by atoms with van der Waals surface area (Å²) in [7, 11) is 0. The largest absolute Gasteiger partial charge is 0.490 e. The van der Waals surface area contributed by atoms with Crippen LogP contribution in [0.25, 0.3) is 16.8 Å². The maximum absolute atomic E-state index is 12.4. The van der Waals surface area contributed by atoms with Crippen molar-refractivity contribution in [2.24, 2.45) is 0 Å². The van der Waals surface area contributed by atoms with Crippen LogP contribution < -0.4 is 14.8 Å². The SMILES string of the molecule is C=CCN1C(=O)N/C(=C/c2ccc(OCc3ccc4ccccc4c3)c(OCC)c2)C1=O. The Hall–Kier alpha value is -4.06. The van der Waals surface area contributed by atoms with Crippen LogP contribution in [-0.2, 0) is 11.4 Å². The van der Waals surface area contributed by atoms with E-state index in [-0.39, 0.29) is 18.1 Å². The van der Waals surface area contributed by atoms with Gasteiger partial charge in [0.1, 0.15) is 12.3 Å². The molecule has 0 bridgehead atoms. The van der Waals surface area contributed by atoms with Crippen LogP contribution in [0, 0.1) is 0 Å². The predicted molar refractivity (Wildman–Crippen MR) is 124 cm³/mol. The van der Waals surface area contributed by atoms with Gasteiger partial charge in [-0.2, -0.15) is 0 Å². The Kier molecular flexibility index (Phi) is 6.22. The zero-order valence-corrected chi connectivity index (χ0v) is 17.8. The van der Waals surface area contributed by atoms with Crippen molar-refractivity contribution in [1.29, 1.82) is 0 Å². The minimum absolute atomic E-state index is 0.160. The Labute approximate surface area is 186 Å². The number of nitrogens with one attached hydrogen (secondary N) is 1. The molecule has 0 aliphatic carbocycles. The van der Waals surface area contributed by atoms with Gasteiger partial charge in [0.15, 0.2) is 11.5 Å². The van der Waals surface area contributed by atoms with E-state index in [1.165, 1.54) is 11.5 Å². The number of hydrogen-bond donors (Lipinski definition) is 1. The Morgan fingerprint density at radius 1 is 0.969 bits per heavy atom. The van der Waals surface area contributed by atoms with E-state index in [1.54, 1.807) is 18.2 Å². The maximum Gasteiger partial charge on any atom is 0.329 e. The lowest BCUT2D eigenvalue weighted by Crippen LogP contribution is -2.30. The van der Waals surface area contributed by atoms with E-state index in [2.05, 4.69) is 36.2 Å². The number of ether oxygens (including phenoxy) is 2. The lowest BCUT2D eigenvalue weighted by Gasteiger charge is -2.13. The number of carbonyl (C=O) groups excluding carboxylic acids is 2. The Morgan fingerprint density at radius 2 is 1.78 bits per heavy atom. The first kappa shape index (κ1) is 21.2. The van der Waals surface area contributed by atoms with Crippen LogP contribution in [0.4, 0.5) is 4.79 Å². The number of carbonyl (C=O) groups is 2. The molecule has 6 heteroatoms. The van der Waals surface area contributed by atoms with Gasteiger partial charge in [-0.3, -0.25) is 9.69 Å². The molecule has 1 fully saturated rings. The minimum Gasteiger partial charge on any atom is -0.490 e. The van der Waals surface area contributed by atoms with Crippen LogP contribution >= 0.6 is 0 Å². The summed E-state index contributed by atoms with van der Waals surface area (Å²) in [6, 6.07) is 19.4. The van der Waals surface area contributed by atoms with E-state index in [0.29, 0.717) is 24.7 Å². The molecule has 1 saturated heterocycles. The molecule has 1 aliphatic heterocycles. The van der Waals surface area contributed by atoms with Crippen molar-refractivity contribution < 1.29 is 19.1 Å². The van der Waals surface area contributed by atoms with E-state index < -0.39 is 6.03 Å². The highest BCUT2D eigenvalue weighted by molar-refractivity contribution is 6.14. The summed E-state index contributed by atoms with van der Waals surface area (Å²) >= 11 is 0. The van der Waals surface area contributed by atoms with Gasteiger partial charge in [-0.1, -0.05) is 48.5 Å². The molecule has 1 heterocycles. The second-order valence-corrected chi connectivity index (χ2v) is 7.30. The Bertz CT molecular complexity index is 1220. The van der Waals surface area contributed by atoms with Gasteiger partial charge in [0.05, 0.1) is 6.61 Å². The van der Waals surface area contributed by atoms with E-state index in [4.69, 9.17) is 9.47 Å². The number of benzene rings is 3. The fourth-order valence-electron chi connectivity index (χ4n) is 3.52. The van der Waals surface area contributed by atoms with Crippen molar-refractivity contribution in [2.45, 2.75) is 13.5 Å². The molecule has 3 aromatic rings. The van der Waals surface area contributed by atoms with Gasteiger partial charge in [-0.05, 0) is 53.1 Å². The normalized spacial score (nSPS) is 14.7. The van der Waals surface area contributed by atoms with Crippen molar-refractivity contribution in [3.63, 3.8) is 0 Å². The van der Waals surface area contributed by atoms with Crippen molar-refractivity contribution in [3.8, 4) is 11.5 Å². The highest BCUT2D eigenvalue weighted by Crippen LogP contribution is 2.31. The minimum atomic E-state index is -0.457. The van der Waals surface area contributed by atoms with Gasteiger partial charge in [-0.15, -0.1) is 6.58 Å². The molecule has 6 nitrogen and oxygen atoms in total. The third kappa shape index (κ3) is 4.49. The average molecular weight is 428 g/mol. The summed E-state index contributed by atoms with van der Waals surface area (Å²) in [5.41, 5.74) is 1.98.